The van der Waals surface area contributed by atoms with Gasteiger partial charge < -0.3 is 22.8 Å². The molecule has 0 aliphatic carbocycles. The summed E-state index contributed by atoms with van der Waals surface area (Å²) in [6.07, 6.45) is 0.897. The minimum atomic E-state index is -2.42. The molecule has 4 atom stereocenters. The van der Waals surface area contributed by atoms with E-state index in [4.69, 9.17) is 27.7 Å². The number of hydrogen-bond donors (Lipinski definition) is 1. The number of nitrogens with zero attached hydrogens (tertiary/aromatic N) is 5. The number of amides is 1. The molecule has 0 saturated carbocycles. The maximum Gasteiger partial charge on any atom is 0.413 e. The van der Waals surface area contributed by atoms with Gasteiger partial charge >= 0.3 is 6.09 Å². The first kappa shape index (κ1) is 46.6. The van der Waals surface area contributed by atoms with E-state index in [0.717, 1.165) is 0 Å². The number of ether oxygens (including phenoxy) is 2. The first-order valence-electron chi connectivity index (χ1n) is 19.9. The fourth-order valence-electron chi connectivity index (χ4n) is 5.76. The van der Waals surface area contributed by atoms with Crippen LogP contribution in [0, 0.1) is 10.1 Å². The highest BCUT2D eigenvalue weighted by molar-refractivity contribution is 6.75. The third-order valence-corrected chi connectivity index (χ3v) is 26.0. The highest BCUT2D eigenvalue weighted by Gasteiger charge is 2.55. The fourth-order valence-corrected chi connectivity index (χ4v) is 9.38. The molecular weight excluding hydrogens is 777 g/mol. The van der Waals surface area contributed by atoms with E-state index in [2.05, 4.69) is 117 Å². The van der Waals surface area contributed by atoms with Gasteiger partial charge in [0.1, 0.15) is 30.2 Å². The summed E-state index contributed by atoms with van der Waals surface area (Å²) < 4.78 is 36.2. The van der Waals surface area contributed by atoms with Crippen LogP contribution >= 0.6 is 0 Å². The van der Waals surface area contributed by atoms with Gasteiger partial charge in [-0.25, -0.2) is 19.7 Å². The van der Waals surface area contributed by atoms with Gasteiger partial charge in [-0.05, 0) is 81.1 Å². The lowest BCUT2D eigenvalue weighted by Gasteiger charge is -2.44. The Morgan fingerprint density at radius 1 is 0.842 bits per heavy atom. The van der Waals surface area contributed by atoms with Crippen LogP contribution in [0.25, 0.3) is 11.2 Å². The molecule has 1 amide bonds. The summed E-state index contributed by atoms with van der Waals surface area (Å²) >= 11 is 0. The van der Waals surface area contributed by atoms with Crippen molar-refractivity contribution in [3.05, 3.63) is 52.6 Å². The van der Waals surface area contributed by atoms with E-state index in [0.29, 0.717) is 36.2 Å². The number of rotatable bonds is 14. The number of nitro groups is 1. The number of benzene rings is 1. The van der Waals surface area contributed by atoms with Crippen LogP contribution in [0.5, 0.6) is 0 Å². The SMILES string of the molecule is CC(C)(CCc1ccccc1[N+](=O)[O-])OC(=O)Nc1ncnc2c1ncn2[C@@H]1O[C@H](CO[Si](C)(C)C(C)(C)C)[C@@H](O[Si](C)(C)C(C)(C)C)[C@H]1O[Si](C)(C)C(C)(C)C. The molecule has 4 rings (SSSR count). The molecule has 318 valence electrons. The summed E-state index contributed by atoms with van der Waals surface area (Å²) in [6, 6.07) is 6.57. The van der Waals surface area contributed by atoms with E-state index >= 15 is 0 Å². The van der Waals surface area contributed by atoms with Crippen LogP contribution in [0.2, 0.25) is 54.4 Å². The third-order valence-electron chi connectivity index (χ3n) is 12.6. The quantitative estimate of drug-likeness (QED) is 0.0933. The number of para-hydroxylation sites is 1. The Balaban J connectivity index is 1.69. The monoisotopic (exact) mass is 844 g/mol. The van der Waals surface area contributed by atoms with Crippen LogP contribution in [0.15, 0.2) is 36.9 Å². The zero-order valence-corrected chi connectivity index (χ0v) is 40.4. The van der Waals surface area contributed by atoms with Crippen molar-refractivity contribution in [1.29, 1.82) is 0 Å². The Hall–Kier alpha value is -3.07. The van der Waals surface area contributed by atoms with E-state index in [-0.39, 0.29) is 26.6 Å². The van der Waals surface area contributed by atoms with Gasteiger partial charge in [0.15, 0.2) is 48.2 Å². The second kappa shape index (κ2) is 16.5. The van der Waals surface area contributed by atoms with Crippen LogP contribution in [-0.4, -0.2) is 86.0 Å². The molecule has 3 aromatic rings. The van der Waals surface area contributed by atoms with Gasteiger partial charge in [-0.2, -0.15) is 0 Å². The highest BCUT2D eigenvalue weighted by atomic mass is 28.4. The molecule has 0 radical (unpaired) electrons. The summed E-state index contributed by atoms with van der Waals surface area (Å²) in [5.74, 6) is 0.171. The summed E-state index contributed by atoms with van der Waals surface area (Å²) in [4.78, 5) is 38.2. The topological polar surface area (TPSA) is 162 Å². The Bertz CT molecular complexity index is 1900. The number of anilines is 1. The predicted molar refractivity (Wildman–Crippen MR) is 232 cm³/mol. The number of imidazole rings is 1. The summed E-state index contributed by atoms with van der Waals surface area (Å²) in [7, 11) is -6.96. The van der Waals surface area contributed by atoms with Crippen LogP contribution in [0.4, 0.5) is 16.3 Å². The van der Waals surface area contributed by atoms with Crippen LogP contribution in [-0.2, 0) is 29.2 Å². The number of fused-ring (bicyclic) bond motifs is 1. The average Bonchev–Trinajstić information content (AvgIpc) is 3.62. The number of nitro benzene ring substituents is 1. The molecule has 57 heavy (non-hydrogen) atoms. The van der Waals surface area contributed by atoms with Gasteiger partial charge in [0, 0.05) is 11.6 Å². The number of aryl methyl sites for hydroxylation is 1. The molecule has 0 spiro atoms. The summed E-state index contributed by atoms with van der Waals surface area (Å²) in [6.45, 7) is 37.3. The van der Waals surface area contributed by atoms with Crippen LogP contribution in [0.3, 0.4) is 0 Å². The molecule has 17 heteroatoms. The average molecular weight is 845 g/mol. The van der Waals surface area contributed by atoms with E-state index in [1.165, 1.54) is 12.4 Å². The Morgan fingerprint density at radius 3 is 1.96 bits per heavy atom. The van der Waals surface area contributed by atoms with E-state index in [9.17, 15) is 14.9 Å². The van der Waals surface area contributed by atoms with Crippen molar-refractivity contribution in [3.63, 3.8) is 0 Å². The van der Waals surface area contributed by atoms with Gasteiger partial charge in [-0.3, -0.25) is 20.0 Å². The van der Waals surface area contributed by atoms with Crippen LogP contribution < -0.4 is 5.32 Å². The highest BCUT2D eigenvalue weighted by Crippen LogP contribution is 2.47. The van der Waals surface area contributed by atoms with Crippen molar-refractivity contribution in [1.82, 2.24) is 19.5 Å². The lowest BCUT2D eigenvalue weighted by atomic mass is 9.97. The predicted octanol–water partition coefficient (Wildman–Crippen LogP) is 10.4. The third kappa shape index (κ3) is 10.8. The second-order valence-corrected chi connectivity index (χ2v) is 34.9. The molecule has 1 fully saturated rings. The number of hydrogen-bond acceptors (Lipinski definition) is 11. The summed E-state index contributed by atoms with van der Waals surface area (Å²) in [5.41, 5.74) is 0.448. The Morgan fingerprint density at radius 2 is 1.40 bits per heavy atom. The first-order chi connectivity index (χ1) is 25.9. The molecular formula is C40H68N6O8Si3. The standard InChI is InChI=1S/C40H68N6O8Si3/c1-37(2,3)55(12,13)50-24-29-31(53-56(14,15)38(4,5)6)32(54-57(16,17)39(7,8)9)35(51-29)45-26-43-30-33(41-25-42-34(30)45)44-36(47)52-40(10,11)23-22-27-20-18-19-21-28(27)46(48)49/h18-21,25-26,29,31-32,35H,22-24H2,1-17H3,(H,41,42,44,47)/t29-,31-,32-,35-/m1/s1. The number of carbonyl (C=O) groups is 1. The molecule has 1 aliphatic rings. The second-order valence-electron chi connectivity index (χ2n) is 20.5. The molecule has 1 N–H and O–H groups in total. The summed E-state index contributed by atoms with van der Waals surface area (Å²) in [5, 5.41) is 14.1. The van der Waals surface area contributed by atoms with Crippen molar-refractivity contribution in [3.8, 4) is 0 Å². The lowest BCUT2D eigenvalue weighted by molar-refractivity contribution is -0.385. The van der Waals surface area contributed by atoms with Crippen molar-refractivity contribution >= 4 is 53.7 Å². The van der Waals surface area contributed by atoms with Crippen molar-refractivity contribution < 1.29 is 32.5 Å². The fraction of sp³-hybridized carbons (Fsp3) is 0.700. The smallest absolute Gasteiger partial charge is 0.413 e. The van der Waals surface area contributed by atoms with Crippen molar-refractivity contribution in [2.45, 2.75) is 174 Å². The van der Waals surface area contributed by atoms with Gasteiger partial charge in [-0.1, -0.05) is 80.5 Å². The van der Waals surface area contributed by atoms with Gasteiger partial charge in [0.2, 0.25) is 0 Å². The first-order valence-corrected chi connectivity index (χ1v) is 28.6. The van der Waals surface area contributed by atoms with E-state index in [1.807, 2.05) is 4.57 Å². The van der Waals surface area contributed by atoms with Gasteiger partial charge in [-0.15, -0.1) is 0 Å². The lowest BCUT2D eigenvalue weighted by Crippen LogP contribution is -2.54. The minimum Gasteiger partial charge on any atom is -0.443 e. The molecule has 3 heterocycles. The normalized spacial score (nSPS) is 20.2. The van der Waals surface area contributed by atoms with Crippen molar-refractivity contribution in [2.75, 3.05) is 11.9 Å². The largest absolute Gasteiger partial charge is 0.443 e. The Labute approximate surface area is 342 Å². The number of nitrogens with one attached hydrogen (secondary N) is 1. The number of aromatic nitrogens is 4. The Kier molecular flexibility index (Phi) is 13.5. The molecule has 1 aromatic carbocycles. The number of carbonyl (C=O) groups excluding carboxylic acids is 1. The van der Waals surface area contributed by atoms with E-state index in [1.54, 1.807) is 38.4 Å². The maximum atomic E-state index is 13.3. The molecule has 1 aliphatic heterocycles. The van der Waals surface area contributed by atoms with Crippen LogP contribution in [0.1, 0.15) is 94.4 Å². The molecule has 2 aromatic heterocycles. The maximum absolute atomic E-state index is 13.3. The zero-order chi connectivity index (χ0) is 43.2. The molecule has 14 nitrogen and oxygen atoms in total. The molecule has 0 unspecified atom stereocenters. The van der Waals surface area contributed by atoms with Gasteiger partial charge in [0.05, 0.1) is 17.9 Å². The zero-order valence-electron chi connectivity index (χ0n) is 37.4. The van der Waals surface area contributed by atoms with Crippen molar-refractivity contribution in [2.24, 2.45) is 0 Å². The minimum absolute atomic E-state index is 0.00227. The molecule has 0 bridgehead atoms. The van der Waals surface area contributed by atoms with Gasteiger partial charge in [0.25, 0.3) is 5.69 Å². The molecule has 1 saturated heterocycles. The van der Waals surface area contributed by atoms with E-state index < -0.39 is 66.1 Å².